The van der Waals surface area contributed by atoms with Crippen LogP contribution in [-0.4, -0.2) is 49.8 Å². The number of rotatable bonds is 2. The normalized spacial score (nSPS) is 23.7. The third-order valence-corrected chi connectivity index (χ3v) is 4.65. The summed E-state index contributed by atoms with van der Waals surface area (Å²) in [6.45, 7) is 4.19. The quantitative estimate of drug-likeness (QED) is 0.926. The molecule has 0 spiro atoms. The number of hydrogen-bond acceptors (Lipinski definition) is 3. The van der Waals surface area contributed by atoms with Crippen LogP contribution in [0.1, 0.15) is 23.7 Å². The molecule has 1 atom stereocenters. The van der Waals surface area contributed by atoms with Gasteiger partial charge in [0, 0.05) is 35.8 Å². The van der Waals surface area contributed by atoms with Crippen LogP contribution in [0.25, 0.3) is 16.5 Å². The summed E-state index contributed by atoms with van der Waals surface area (Å²) in [5.41, 5.74) is 5.18. The smallest absolute Gasteiger partial charge is 0.106 e. The number of fused-ring (bicyclic) bond motifs is 1. The number of H-pyrrole nitrogens is 1. The average molecular weight is 298 g/mol. The van der Waals surface area contributed by atoms with E-state index in [1.54, 1.807) is 0 Å². The Hall–Kier alpha value is -1.62. The molecule has 2 aliphatic heterocycles. The largest absolute Gasteiger partial charge is 0.376 e. The zero-order valence-corrected chi connectivity index (χ0v) is 13.0. The summed E-state index contributed by atoms with van der Waals surface area (Å²) in [7, 11) is 2.17. The first-order chi connectivity index (χ1) is 10.8. The maximum Gasteiger partial charge on any atom is 0.106 e. The SMILES string of the molecule is CN1CC=C(c2c[nH]c3ccc(C4COCCO4)cc23)CC1. The molecule has 22 heavy (non-hydrogen) atoms. The van der Waals surface area contributed by atoms with Gasteiger partial charge in [0.05, 0.1) is 19.8 Å². The van der Waals surface area contributed by atoms with E-state index in [-0.39, 0.29) is 6.10 Å². The Kier molecular flexibility index (Phi) is 3.74. The molecule has 0 amide bonds. The van der Waals surface area contributed by atoms with Crippen molar-refractivity contribution in [3.05, 3.63) is 41.6 Å². The van der Waals surface area contributed by atoms with Gasteiger partial charge in [0.25, 0.3) is 0 Å². The number of nitrogens with one attached hydrogen (secondary N) is 1. The molecule has 4 rings (SSSR count). The van der Waals surface area contributed by atoms with Crippen molar-refractivity contribution in [3.63, 3.8) is 0 Å². The van der Waals surface area contributed by atoms with E-state index < -0.39 is 0 Å². The number of hydrogen-bond donors (Lipinski definition) is 1. The van der Waals surface area contributed by atoms with Gasteiger partial charge in [0.2, 0.25) is 0 Å². The van der Waals surface area contributed by atoms with Crippen molar-refractivity contribution in [2.24, 2.45) is 0 Å². The van der Waals surface area contributed by atoms with E-state index >= 15 is 0 Å². The minimum atomic E-state index is 0.0624. The van der Waals surface area contributed by atoms with Gasteiger partial charge in [-0.3, -0.25) is 0 Å². The predicted octanol–water partition coefficient (Wildman–Crippen LogP) is 2.97. The molecule has 1 fully saturated rings. The van der Waals surface area contributed by atoms with Gasteiger partial charge in [-0.25, -0.2) is 0 Å². The van der Waals surface area contributed by atoms with Crippen LogP contribution in [0.4, 0.5) is 0 Å². The van der Waals surface area contributed by atoms with E-state index in [1.165, 1.54) is 27.6 Å². The maximum absolute atomic E-state index is 5.83. The number of ether oxygens (including phenoxy) is 2. The van der Waals surface area contributed by atoms with Crippen LogP contribution in [0.15, 0.2) is 30.5 Å². The van der Waals surface area contributed by atoms with Gasteiger partial charge in [-0.15, -0.1) is 0 Å². The topological polar surface area (TPSA) is 37.5 Å². The van der Waals surface area contributed by atoms with E-state index in [2.05, 4.69) is 47.4 Å². The van der Waals surface area contributed by atoms with Gasteiger partial charge in [0.1, 0.15) is 6.10 Å². The molecule has 1 aromatic heterocycles. The molecule has 0 radical (unpaired) electrons. The highest BCUT2D eigenvalue weighted by molar-refractivity contribution is 5.93. The molecule has 1 unspecified atom stereocenters. The number of aromatic nitrogens is 1. The van der Waals surface area contributed by atoms with Gasteiger partial charge < -0.3 is 19.4 Å². The van der Waals surface area contributed by atoms with Crippen molar-refractivity contribution < 1.29 is 9.47 Å². The number of aromatic amines is 1. The Morgan fingerprint density at radius 3 is 3.00 bits per heavy atom. The molecule has 0 aliphatic carbocycles. The van der Waals surface area contributed by atoms with Crippen LogP contribution in [0.2, 0.25) is 0 Å². The fraction of sp³-hybridized carbons (Fsp3) is 0.444. The highest BCUT2D eigenvalue weighted by Crippen LogP contribution is 2.32. The fourth-order valence-electron chi connectivity index (χ4n) is 3.30. The summed E-state index contributed by atoms with van der Waals surface area (Å²) in [5, 5.41) is 1.29. The maximum atomic E-state index is 5.83. The minimum absolute atomic E-state index is 0.0624. The molecule has 0 saturated carbocycles. The molecule has 3 heterocycles. The van der Waals surface area contributed by atoms with Gasteiger partial charge in [-0.2, -0.15) is 0 Å². The lowest BCUT2D eigenvalue weighted by Crippen LogP contribution is -2.23. The van der Waals surface area contributed by atoms with Crippen molar-refractivity contribution in [2.75, 3.05) is 40.0 Å². The first-order valence-corrected chi connectivity index (χ1v) is 7.99. The second-order valence-corrected chi connectivity index (χ2v) is 6.18. The number of benzene rings is 1. The van der Waals surface area contributed by atoms with Crippen LogP contribution in [0.3, 0.4) is 0 Å². The molecule has 4 nitrogen and oxygen atoms in total. The van der Waals surface area contributed by atoms with Gasteiger partial charge >= 0.3 is 0 Å². The zero-order chi connectivity index (χ0) is 14.9. The molecule has 1 saturated heterocycles. The predicted molar refractivity (Wildman–Crippen MR) is 87.9 cm³/mol. The molecular formula is C18H22N2O2. The van der Waals surface area contributed by atoms with E-state index in [9.17, 15) is 0 Å². The van der Waals surface area contributed by atoms with Gasteiger partial charge in [-0.05, 0) is 36.7 Å². The summed E-state index contributed by atoms with van der Waals surface area (Å²) in [6, 6.07) is 6.56. The Morgan fingerprint density at radius 1 is 1.27 bits per heavy atom. The molecule has 2 aliphatic rings. The Labute approximate surface area is 130 Å². The summed E-state index contributed by atoms with van der Waals surface area (Å²) in [6.07, 6.45) is 5.66. The number of likely N-dealkylation sites (N-methyl/N-ethyl adjacent to an activating group) is 1. The van der Waals surface area contributed by atoms with E-state index in [4.69, 9.17) is 9.47 Å². The molecule has 1 aromatic carbocycles. The third kappa shape index (κ3) is 2.58. The van der Waals surface area contributed by atoms with Gasteiger partial charge in [0.15, 0.2) is 0 Å². The summed E-state index contributed by atoms with van der Waals surface area (Å²) in [5.74, 6) is 0. The lowest BCUT2D eigenvalue weighted by atomic mass is 9.97. The first kappa shape index (κ1) is 14.0. The molecular weight excluding hydrogens is 276 g/mol. The van der Waals surface area contributed by atoms with Crippen molar-refractivity contribution >= 4 is 16.5 Å². The average Bonchev–Trinajstić information content (AvgIpc) is 2.99. The molecule has 1 N–H and O–H groups in total. The van der Waals surface area contributed by atoms with Crippen LogP contribution in [-0.2, 0) is 9.47 Å². The summed E-state index contributed by atoms with van der Waals surface area (Å²) >= 11 is 0. The van der Waals surface area contributed by atoms with Crippen LogP contribution >= 0.6 is 0 Å². The molecule has 4 heteroatoms. The molecule has 2 aromatic rings. The van der Waals surface area contributed by atoms with Crippen LogP contribution in [0.5, 0.6) is 0 Å². The number of nitrogens with zero attached hydrogens (tertiary/aromatic N) is 1. The first-order valence-electron chi connectivity index (χ1n) is 7.99. The van der Waals surface area contributed by atoms with Crippen molar-refractivity contribution in [3.8, 4) is 0 Å². The fourth-order valence-corrected chi connectivity index (χ4v) is 3.30. The van der Waals surface area contributed by atoms with Crippen molar-refractivity contribution in [1.29, 1.82) is 0 Å². The van der Waals surface area contributed by atoms with E-state index in [0.29, 0.717) is 19.8 Å². The lowest BCUT2D eigenvalue weighted by molar-refractivity contribution is -0.0901. The summed E-state index contributed by atoms with van der Waals surface area (Å²) < 4.78 is 11.4. The van der Waals surface area contributed by atoms with E-state index in [1.807, 2.05) is 0 Å². The third-order valence-electron chi connectivity index (χ3n) is 4.65. The van der Waals surface area contributed by atoms with Crippen LogP contribution in [0, 0.1) is 0 Å². The standard InChI is InChI=1S/C18H22N2O2/c1-20-6-4-13(5-7-20)16-11-19-17-3-2-14(10-15(16)17)18-12-21-8-9-22-18/h2-4,10-11,18-19H,5-9,12H2,1H3. The highest BCUT2D eigenvalue weighted by Gasteiger charge is 2.19. The summed E-state index contributed by atoms with van der Waals surface area (Å²) in [4.78, 5) is 5.74. The monoisotopic (exact) mass is 298 g/mol. The highest BCUT2D eigenvalue weighted by atomic mass is 16.6. The molecule has 116 valence electrons. The van der Waals surface area contributed by atoms with Gasteiger partial charge in [-0.1, -0.05) is 12.1 Å². The minimum Gasteiger partial charge on any atom is -0.376 e. The Balaban J connectivity index is 1.70. The zero-order valence-electron chi connectivity index (χ0n) is 13.0. The van der Waals surface area contributed by atoms with Crippen molar-refractivity contribution in [1.82, 2.24) is 9.88 Å². The van der Waals surface area contributed by atoms with Crippen LogP contribution < -0.4 is 0 Å². The van der Waals surface area contributed by atoms with Crippen molar-refractivity contribution in [2.45, 2.75) is 12.5 Å². The Morgan fingerprint density at radius 2 is 2.23 bits per heavy atom. The lowest BCUT2D eigenvalue weighted by Gasteiger charge is -2.24. The second-order valence-electron chi connectivity index (χ2n) is 6.18. The Bertz CT molecular complexity index is 698. The molecule has 0 bridgehead atoms. The second kappa shape index (κ2) is 5.88. The van der Waals surface area contributed by atoms with E-state index in [0.717, 1.165) is 19.5 Å².